The Kier molecular flexibility index (Phi) is 3.98. The van der Waals surface area contributed by atoms with E-state index in [0.717, 1.165) is 25.9 Å². The summed E-state index contributed by atoms with van der Waals surface area (Å²) in [4.78, 5) is 10.7. The number of aromatic nitrogens is 2. The molecule has 0 aromatic carbocycles. The Morgan fingerprint density at radius 3 is 2.92 bits per heavy atom. The summed E-state index contributed by atoms with van der Waals surface area (Å²) in [7, 11) is -3.18. The van der Waals surface area contributed by atoms with E-state index in [0.29, 0.717) is 23.4 Å². The zero-order valence-corrected chi connectivity index (χ0v) is 15.1. The van der Waals surface area contributed by atoms with Crippen molar-refractivity contribution < 1.29 is 13.2 Å². The number of nitrogens with one attached hydrogen (secondary N) is 1. The summed E-state index contributed by atoms with van der Waals surface area (Å²) in [5.74, 6) is 1.27. The summed E-state index contributed by atoms with van der Waals surface area (Å²) in [6, 6.07) is 0. The van der Waals surface area contributed by atoms with Gasteiger partial charge in [-0.15, -0.1) is 0 Å². The van der Waals surface area contributed by atoms with E-state index in [9.17, 15) is 8.42 Å². The number of halogens is 1. The molecular formula is C15H21ClN4O3S. The van der Waals surface area contributed by atoms with Gasteiger partial charge in [0.25, 0.3) is 0 Å². The van der Waals surface area contributed by atoms with E-state index < -0.39 is 10.0 Å². The maximum absolute atomic E-state index is 11.8. The third-order valence-corrected chi connectivity index (χ3v) is 7.15. The van der Waals surface area contributed by atoms with Gasteiger partial charge >= 0.3 is 0 Å². The van der Waals surface area contributed by atoms with Gasteiger partial charge in [-0.2, -0.15) is 0 Å². The molecule has 4 atom stereocenters. The van der Waals surface area contributed by atoms with Crippen LogP contribution >= 0.6 is 11.6 Å². The molecule has 24 heavy (non-hydrogen) atoms. The lowest BCUT2D eigenvalue weighted by Crippen LogP contribution is -2.42. The van der Waals surface area contributed by atoms with E-state index in [1.807, 2.05) is 0 Å². The van der Waals surface area contributed by atoms with Crippen molar-refractivity contribution in [2.45, 2.75) is 31.5 Å². The fourth-order valence-corrected chi connectivity index (χ4v) is 5.16. The fraction of sp³-hybridized carbons (Fsp3) is 0.733. The maximum atomic E-state index is 11.8. The Hall–Kier alpha value is -0.960. The van der Waals surface area contributed by atoms with E-state index in [1.54, 1.807) is 19.3 Å². The van der Waals surface area contributed by atoms with Gasteiger partial charge in [-0.25, -0.2) is 23.1 Å². The molecule has 0 amide bonds. The second kappa shape index (κ2) is 5.79. The van der Waals surface area contributed by atoms with Crippen molar-refractivity contribution in [3.63, 3.8) is 0 Å². The molecule has 3 saturated heterocycles. The molecule has 1 spiro atoms. The van der Waals surface area contributed by atoms with Crippen LogP contribution in [0.5, 0.6) is 0 Å². The number of hydrogen-bond acceptors (Lipinski definition) is 6. The number of ether oxygens (including phenoxy) is 1. The van der Waals surface area contributed by atoms with Crippen LogP contribution in [-0.4, -0.2) is 55.5 Å². The van der Waals surface area contributed by atoms with Crippen molar-refractivity contribution in [3.8, 4) is 0 Å². The minimum atomic E-state index is -3.18. The second-order valence-corrected chi connectivity index (χ2v) is 9.40. The van der Waals surface area contributed by atoms with Crippen LogP contribution in [0.1, 0.15) is 19.8 Å². The van der Waals surface area contributed by atoms with Gasteiger partial charge in [0.15, 0.2) is 0 Å². The van der Waals surface area contributed by atoms with Crippen LogP contribution in [0.4, 0.5) is 5.95 Å². The number of nitrogens with zero attached hydrogens (tertiary/aromatic N) is 3. The average molecular weight is 373 g/mol. The van der Waals surface area contributed by atoms with Crippen LogP contribution in [0.15, 0.2) is 12.4 Å². The van der Waals surface area contributed by atoms with Gasteiger partial charge in [-0.3, -0.25) is 0 Å². The number of sulfonamides is 1. The van der Waals surface area contributed by atoms with Crippen LogP contribution in [0.2, 0.25) is 5.02 Å². The van der Waals surface area contributed by atoms with Crippen molar-refractivity contribution in [1.82, 2.24) is 14.7 Å². The van der Waals surface area contributed by atoms with Crippen LogP contribution in [-0.2, 0) is 14.8 Å². The predicted octanol–water partition coefficient (Wildman–Crippen LogP) is 1.05. The first-order valence-electron chi connectivity index (χ1n) is 8.30. The van der Waals surface area contributed by atoms with Crippen molar-refractivity contribution in [1.29, 1.82) is 0 Å². The lowest BCUT2D eigenvalue weighted by atomic mass is 9.74. The summed E-state index contributed by atoms with van der Waals surface area (Å²) in [5.41, 5.74) is -0.185. The Morgan fingerprint density at radius 1 is 1.46 bits per heavy atom. The molecule has 0 radical (unpaired) electrons. The molecule has 1 aromatic heterocycles. The van der Waals surface area contributed by atoms with Crippen LogP contribution in [0.25, 0.3) is 0 Å². The Bertz CT molecular complexity index is 729. The van der Waals surface area contributed by atoms with Crippen molar-refractivity contribution >= 4 is 27.6 Å². The third kappa shape index (κ3) is 2.69. The van der Waals surface area contributed by atoms with Crippen molar-refractivity contribution in [2.24, 2.45) is 11.8 Å². The number of hydrogen-bond donors (Lipinski definition) is 1. The highest BCUT2D eigenvalue weighted by atomic mass is 35.5. The first-order valence-corrected chi connectivity index (χ1v) is 10.3. The minimum absolute atomic E-state index is 0.103. The minimum Gasteiger partial charge on any atom is -0.369 e. The molecule has 3 aliphatic rings. The Labute approximate surface area is 146 Å². The SMILES string of the molecule is CCS(=O)(=O)NC[C@H]1[C@H]2CN(c3ncc(Cl)cn3)C[C@]23CC[C@H]1O3. The molecule has 3 aliphatic heterocycles. The third-order valence-electron chi connectivity index (χ3n) is 5.59. The monoisotopic (exact) mass is 372 g/mol. The van der Waals surface area contributed by atoms with Crippen LogP contribution < -0.4 is 9.62 Å². The van der Waals surface area contributed by atoms with Gasteiger partial charge < -0.3 is 9.64 Å². The number of anilines is 1. The number of fused-ring (bicyclic) bond motifs is 1. The molecule has 3 fully saturated rings. The summed E-state index contributed by atoms with van der Waals surface area (Å²) < 4.78 is 32.6. The fourth-order valence-electron chi connectivity index (χ4n) is 4.41. The molecular weight excluding hydrogens is 352 g/mol. The predicted molar refractivity (Wildman–Crippen MR) is 90.5 cm³/mol. The van der Waals surface area contributed by atoms with E-state index in [4.69, 9.17) is 16.3 Å². The average Bonchev–Trinajstić information content (AvgIpc) is 3.21. The van der Waals surface area contributed by atoms with Crippen LogP contribution in [0, 0.1) is 11.8 Å². The van der Waals surface area contributed by atoms with Crippen molar-refractivity contribution in [2.75, 3.05) is 30.3 Å². The summed E-state index contributed by atoms with van der Waals surface area (Å²) in [5, 5.41) is 0.514. The maximum Gasteiger partial charge on any atom is 0.225 e. The Balaban J connectivity index is 1.51. The molecule has 0 aliphatic carbocycles. The van der Waals surface area contributed by atoms with Gasteiger partial charge in [-0.1, -0.05) is 11.6 Å². The molecule has 7 nitrogen and oxygen atoms in total. The molecule has 9 heteroatoms. The zero-order chi connectivity index (χ0) is 16.9. The van der Waals surface area contributed by atoms with Gasteiger partial charge in [0, 0.05) is 24.9 Å². The topological polar surface area (TPSA) is 84.4 Å². The lowest BCUT2D eigenvalue weighted by molar-refractivity contribution is 0.0141. The highest BCUT2D eigenvalue weighted by Crippen LogP contribution is 2.54. The van der Waals surface area contributed by atoms with E-state index in [1.165, 1.54) is 0 Å². The number of rotatable bonds is 5. The van der Waals surface area contributed by atoms with Gasteiger partial charge in [0.1, 0.15) is 0 Å². The lowest BCUT2D eigenvalue weighted by Gasteiger charge is -2.29. The highest BCUT2D eigenvalue weighted by molar-refractivity contribution is 7.89. The van der Waals surface area contributed by atoms with E-state index >= 15 is 0 Å². The largest absolute Gasteiger partial charge is 0.369 e. The first-order chi connectivity index (χ1) is 11.4. The summed E-state index contributed by atoms with van der Waals surface area (Å²) in [6.45, 7) is 3.64. The zero-order valence-electron chi connectivity index (χ0n) is 13.5. The van der Waals surface area contributed by atoms with Gasteiger partial charge in [0.05, 0.1) is 41.4 Å². The molecule has 1 aromatic rings. The summed E-state index contributed by atoms with van der Waals surface area (Å²) >= 11 is 5.86. The molecule has 132 valence electrons. The summed E-state index contributed by atoms with van der Waals surface area (Å²) in [6.07, 6.45) is 5.36. The van der Waals surface area contributed by atoms with Crippen molar-refractivity contribution in [3.05, 3.63) is 17.4 Å². The molecule has 0 unspecified atom stereocenters. The second-order valence-electron chi connectivity index (χ2n) is 6.86. The molecule has 4 heterocycles. The molecule has 2 bridgehead atoms. The molecule has 4 rings (SSSR count). The van der Waals surface area contributed by atoms with Gasteiger partial charge in [0.2, 0.25) is 16.0 Å². The molecule has 1 N–H and O–H groups in total. The highest BCUT2D eigenvalue weighted by Gasteiger charge is 2.63. The normalized spacial score (nSPS) is 34.8. The Morgan fingerprint density at radius 2 is 2.21 bits per heavy atom. The quantitative estimate of drug-likeness (QED) is 0.831. The van der Waals surface area contributed by atoms with E-state index in [-0.39, 0.29) is 23.4 Å². The smallest absolute Gasteiger partial charge is 0.225 e. The molecule has 0 saturated carbocycles. The van der Waals surface area contributed by atoms with Crippen LogP contribution in [0.3, 0.4) is 0 Å². The van der Waals surface area contributed by atoms with E-state index in [2.05, 4.69) is 19.6 Å². The first kappa shape index (κ1) is 16.5. The standard InChI is InChI=1S/C15H21ClN4O3S/c1-2-24(21,22)19-7-11-12-8-20(14-17-5-10(16)6-18-14)9-15(12)4-3-13(11)23-15/h5-6,11-13,19H,2-4,7-9H2,1H3/t11-,12+,13+,15+/m0/s1. The van der Waals surface area contributed by atoms with Gasteiger partial charge in [-0.05, 0) is 19.8 Å².